The SMILES string of the molecule is C=CCOc1ccccc1C(=O)NC(CCC)C(=O)O. The number of nitrogens with one attached hydrogen (secondary N) is 1. The minimum absolute atomic E-state index is 0.279. The van der Waals surface area contributed by atoms with E-state index in [-0.39, 0.29) is 6.61 Å². The second-order valence-electron chi connectivity index (χ2n) is 4.25. The lowest BCUT2D eigenvalue weighted by molar-refractivity contribution is -0.139. The molecule has 20 heavy (non-hydrogen) atoms. The van der Waals surface area contributed by atoms with Gasteiger partial charge in [0.05, 0.1) is 5.56 Å². The summed E-state index contributed by atoms with van der Waals surface area (Å²) in [6.07, 6.45) is 2.63. The molecular formula is C15H19NO4. The molecule has 1 amide bonds. The van der Waals surface area contributed by atoms with Gasteiger partial charge in [-0.25, -0.2) is 4.79 Å². The number of hydrogen-bond donors (Lipinski definition) is 2. The lowest BCUT2D eigenvalue weighted by atomic mass is 10.1. The third kappa shape index (κ3) is 4.42. The topological polar surface area (TPSA) is 75.6 Å². The molecule has 0 fully saturated rings. The molecule has 0 bridgehead atoms. The number of carboxylic acid groups (broad SMARTS) is 1. The third-order valence-electron chi connectivity index (χ3n) is 2.67. The molecule has 0 aromatic heterocycles. The predicted octanol–water partition coefficient (Wildman–Crippen LogP) is 2.23. The van der Waals surface area contributed by atoms with Crippen LogP contribution in [0.4, 0.5) is 0 Å². The predicted molar refractivity (Wildman–Crippen MR) is 75.9 cm³/mol. The monoisotopic (exact) mass is 277 g/mol. The van der Waals surface area contributed by atoms with E-state index >= 15 is 0 Å². The van der Waals surface area contributed by atoms with Gasteiger partial charge in [-0.2, -0.15) is 0 Å². The Morgan fingerprint density at radius 3 is 2.75 bits per heavy atom. The molecule has 0 radical (unpaired) electrons. The maximum absolute atomic E-state index is 12.1. The molecule has 1 aromatic carbocycles. The van der Waals surface area contributed by atoms with Gasteiger partial charge in [-0.15, -0.1) is 0 Å². The molecular weight excluding hydrogens is 258 g/mol. The molecule has 0 saturated carbocycles. The number of benzene rings is 1. The largest absolute Gasteiger partial charge is 0.489 e. The van der Waals surface area contributed by atoms with Gasteiger partial charge in [0.2, 0.25) is 0 Å². The van der Waals surface area contributed by atoms with E-state index in [1.807, 2.05) is 6.92 Å². The Labute approximate surface area is 118 Å². The number of aliphatic carboxylic acids is 1. The van der Waals surface area contributed by atoms with Crippen LogP contribution >= 0.6 is 0 Å². The average Bonchev–Trinajstić information content (AvgIpc) is 2.44. The number of para-hydroxylation sites is 1. The summed E-state index contributed by atoms with van der Waals surface area (Å²) in [7, 11) is 0. The quantitative estimate of drug-likeness (QED) is 0.714. The number of carboxylic acids is 1. The average molecular weight is 277 g/mol. The summed E-state index contributed by atoms with van der Waals surface area (Å²) in [5, 5.41) is 11.6. The second kappa shape index (κ2) is 7.99. The molecule has 1 aromatic rings. The van der Waals surface area contributed by atoms with Crippen molar-refractivity contribution >= 4 is 11.9 Å². The Morgan fingerprint density at radius 1 is 1.45 bits per heavy atom. The van der Waals surface area contributed by atoms with Gasteiger partial charge in [0, 0.05) is 0 Å². The van der Waals surface area contributed by atoms with Gasteiger partial charge in [0.1, 0.15) is 18.4 Å². The van der Waals surface area contributed by atoms with Crippen molar-refractivity contribution < 1.29 is 19.4 Å². The Bertz CT molecular complexity index is 485. The first-order chi connectivity index (χ1) is 9.60. The normalized spacial score (nSPS) is 11.4. The molecule has 0 spiro atoms. The Balaban J connectivity index is 2.85. The van der Waals surface area contributed by atoms with Crippen LogP contribution in [-0.2, 0) is 4.79 Å². The van der Waals surface area contributed by atoms with Crippen LogP contribution in [0.1, 0.15) is 30.1 Å². The lowest BCUT2D eigenvalue weighted by Gasteiger charge is -2.15. The fourth-order valence-corrected chi connectivity index (χ4v) is 1.71. The van der Waals surface area contributed by atoms with E-state index in [0.717, 1.165) is 0 Å². The number of carbonyl (C=O) groups is 2. The van der Waals surface area contributed by atoms with Gasteiger partial charge >= 0.3 is 5.97 Å². The Kier molecular flexibility index (Phi) is 6.29. The summed E-state index contributed by atoms with van der Waals surface area (Å²) in [6, 6.07) is 5.81. The highest BCUT2D eigenvalue weighted by Gasteiger charge is 2.21. The van der Waals surface area contributed by atoms with Gasteiger partial charge < -0.3 is 15.2 Å². The first-order valence-electron chi connectivity index (χ1n) is 6.46. The smallest absolute Gasteiger partial charge is 0.326 e. The number of ether oxygens (including phenoxy) is 1. The summed E-state index contributed by atoms with van der Waals surface area (Å²) in [6.45, 7) is 5.69. The van der Waals surface area contributed by atoms with Crippen LogP contribution in [0, 0.1) is 0 Å². The summed E-state index contributed by atoms with van der Waals surface area (Å²) in [5.74, 6) is -1.08. The molecule has 5 heteroatoms. The minimum Gasteiger partial charge on any atom is -0.489 e. The van der Waals surface area contributed by atoms with Crippen LogP contribution < -0.4 is 10.1 Å². The van der Waals surface area contributed by atoms with Crippen LogP contribution in [0.5, 0.6) is 5.75 Å². The van der Waals surface area contributed by atoms with Gasteiger partial charge in [-0.05, 0) is 18.6 Å². The van der Waals surface area contributed by atoms with Crippen molar-refractivity contribution in [1.82, 2.24) is 5.32 Å². The highest BCUT2D eigenvalue weighted by atomic mass is 16.5. The Morgan fingerprint density at radius 2 is 2.15 bits per heavy atom. The minimum atomic E-state index is -1.04. The fraction of sp³-hybridized carbons (Fsp3) is 0.333. The van der Waals surface area contributed by atoms with Crippen LogP contribution in [0.25, 0.3) is 0 Å². The van der Waals surface area contributed by atoms with Crippen LogP contribution in [0.15, 0.2) is 36.9 Å². The van der Waals surface area contributed by atoms with Crippen molar-refractivity contribution in [2.24, 2.45) is 0 Å². The third-order valence-corrected chi connectivity index (χ3v) is 2.67. The highest BCUT2D eigenvalue weighted by Crippen LogP contribution is 2.18. The van der Waals surface area contributed by atoms with Crippen molar-refractivity contribution in [3.63, 3.8) is 0 Å². The molecule has 1 unspecified atom stereocenters. The second-order valence-corrected chi connectivity index (χ2v) is 4.25. The number of rotatable bonds is 8. The molecule has 0 aliphatic heterocycles. The lowest BCUT2D eigenvalue weighted by Crippen LogP contribution is -2.40. The summed E-state index contributed by atoms with van der Waals surface area (Å²) >= 11 is 0. The first-order valence-corrected chi connectivity index (χ1v) is 6.46. The fourth-order valence-electron chi connectivity index (χ4n) is 1.71. The van der Waals surface area contributed by atoms with Crippen LogP contribution in [0.2, 0.25) is 0 Å². The number of amides is 1. The van der Waals surface area contributed by atoms with E-state index in [9.17, 15) is 9.59 Å². The van der Waals surface area contributed by atoms with Crippen molar-refractivity contribution in [1.29, 1.82) is 0 Å². The summed E-state index contributed by atoms with van der Waals surface area (Å²) in [4.78, 5) is 23.2. The molecule has 1 atom stereocenters. The molecule has 0 heterocycles. The van der Waals surface area contributed by atoms with Gasteiger partial charge in [-0.3, -0.25) is 4.79 Å². The zero-order chi connectivity index (χ0) is 15.0. The summed E-state index contributed by atoms with van der Waals surface area (Å²) < 4.78 is 5.38. The number of hydrogen-bond acceptors (Lipinski definition) is 3. The van der Waals surface area contributed by atoms with Crippen molar-refractivity contribution in [3.8, 4) is 5.75 Å². The van der Waals surface area contributed by atoms with Crippen LogP contribution in [-0.4, -0.2) is 29.6 Å². The highest BCUT2D eigenvalue weighted by molar-refractivity contribution is 5.98. The Hall–Kier alpha value is -2.30. The number of carbonyl (C=O) groups excluding carboxylic acids is 1. The summed E-state index contributed by atoms with van der Waals surface area (Å²) in [5.41, 5.74) is 0.316. The molecule has 5 nitrogen and oxygen atoms in total. The standard InChI is InChI=1S/C15H19NO4/c1-3-7-12(15(18)19)16-14(17)11-8-5-6-9-13(11)20-10-4-2/h4-6,8-9,12H,2-3,7,10H2,1H3,(H,16,17)(H,18,19). The molecule has 1 rings (SSSR count). The first kappa shape index (κ1) is 15.8. The zero-order valence-electron chi connectivity index (χ0n) is 11.5. The van der Waals surface area contributed by atoms with E-state index in [1.165, 1.54) is 0 Å². The maximum atomic E-state index is 12.1. The van der Waals surface area contributed by atoms with E-state index in [1.54, 1.807) is 30.3 Å². The van der Waals surface area contributed by atoms with Crippen molar-refractivity contribution in [2.75, 3.05) is 6.61 Å². The molecule has 108 valence electrons. The molecule has 0 saturated heterocycles. The maximum Gasteiger partial charge on any atom is 0.326 e. The molecule has 2 N–H and O–H groups in total. The van der Waals surface area contributed by atoms with Crippen molar-refractivity contribution in [2.45, 2.75) is 25.8 Å². The van der Waals surface area contributed by atoms with Gasteiger partial charge in [-0.1, -0.05) is 38.1 Å². The van der Waals surface area contributed by atoms with E-state index in [2.05, 4.69) is 11.9 Å². The van der Waals surface area contributed by atoms with E-state index < -0.39 is 17.9 Å². The van der Waals surface area contributed by atoms with Crippen LogP contribution in [0.3, 0.4) is 0 Å². The molecule has 0 aliphatic carbocycles. The van der Waals surface area contributed by atoms with Gasteiger partial charge in [0.25, 0.3) is 5.91 Å². The van der Waals surface area contributed by atoms with E-state index in [0.29, 0.717) is 24.2 Å². The van der Waals surface area contributed by atoms with Gasteiger partial charge in [0.15, 0.2) is 0 Å². The van der Waals surface area contributed by atoms with E-state index in [4.69, 9.17) is 9.84 Å². The van der Waals surface area contributed by atoms with Crippen molar-refractivity contribution in [3.05, 3.63) is 42.5 Å². The molecule has 0 aliphatic rings. The zero-order valence-corrected chi connectivity index (χ0v) is 11.5.